The highest BCUT2D eigenvalue weighted by Gasteiger charge is 2.25. The van der Waals surface area contributed by atoms with Gasteiger partial charge in [-0.3, -0.25) is 9.59 Å². The number of rotatable bonds is 3. The van der Waals surface area contributed by atoms with Crippen LogP contribution in [0.15, 0.2) is 16.5 Å². The van der Waals surface area contributed by atoms with Crippen LogP contribution in [-0.4, -0.2) is 24.8 Å². The maximum atomic E-state index is 11.2. The van der Waals surface area contributed by atoms with Crippen molar-refractivity contribution >= 4 is 17.6 Å². The maximum absolute atomic E-state index is 11.2. The van der Waals surface area contributed by atoms with E-state index in [1.807, 2.05) is 4.90 Å². The van der Waals surface area contributed by atoms with E-state index in [4.69, 9.17) is 10.2 Å². The molecule has 1 amide bonds. The molecule has 1 aromatic heterocycles. The summed E-state index contributed by atoms with van der Waals surface area (Å²) in [6.07, 6.45) is 1.73. The lowest BCUT2D eigenvalue weighted by atomic mass is 9.98. The van der Waals surface area contributed by atoms with Crippen LogP contribution in [0, 0.1) is 5.92 Å². The summed E-state index contributed by atoms with van der Waals surface area (Å²) in [7, 11) is 0. The first-order valence-corrected chi connectivity index (χ1v) is 5.73. The van der Waals surface area contributed by atoms with Crippen molar-refractivity contribution in [2.75, 3.05) is 18.0 Å². The molecule has 17 heavy (non-hydrogen) atoms. The van der Waals surface area contributed by atoms with E-state index in [2.05, 4.69) is 0 Å². The third-order valence-corrected chi connectivity index (χ3v) is 3.07. The number of carbonyl (C=O) groups excluding carboxylic acids is 2. The zero-order valence-corrected chi connectivity index (χ0v) is 9.81. The molecule has 0 spiro atoms. The Bertz CT molecular complexity index is 439. The Morgan fingerprint density at radius 1 is 1.47 bits per heavy atom. The summed E-state index contributed by atoms with van der Waals surface area (Å²) >= 11 is 0. The molecule has 5 heteroatoms. The number of hydrogen-bond acceptors (Lipinski definition) is 4. The minimum atomic E-state index is -0.270. The lowest BCUT2D eigenvalue weighted by molar-refractivity contribution is -0.122. The van der Waals surface area contributed by atoms with Gasteiger partial charge in [-0.05, 0) is 18.9 Å². The number of ketones is 1. The number of furan rings is 1. The Kier molecular flexibility index (Phi) is 3.17. The zero-order valence-electron chi connectivity index (χ0n) is 9.81. The van der Waals surface area contributed by atoms with Crippen LogP contribution in [0.1, 0.15) is 30.3 Å². The summed E-state index contributed by atoms with van der Waals surface area (Å²) in [5, 5.41) is 0. The van der Waals surface area contributed by atoms with Crippen LogP contribution in [-0.2, 0) is 4.79 Å². The van der Waals surface area contributed by atoms with Crippen molar-refractivity contribution in [3.63, 3.8) is 0 Å². The topological polar surface area (TPSA) is 76.5 Å². The van der Waals surface area contributed by atoms with Gasteiger partial charge in [0, 0.05) is 26.1 Å². The van der Waals surface area contributed by atoms with Gasteiger partial charge < -0.3 is 15.1 Å². The molecule has 1 aromatic rings. The third kappa shape index (κ3) is 2.49. The van der Waals surface area contributed by atoms with Crippen molar-refractivity contribution < 1.29 is 14.0 Å². The predicted octanol–water partition coefficient (Wildman–Crippen LogP) is 1.18. The van der Waals surface area contributed by atoms with Crippen molar-refractivity contribution in [2.24, 2.45) is 11.7 Å². The fraction of sp³-hybridized carbons (Fsp3) is 0.500. The maximum Gasteiger partial charge on any atom is 0.222 e. The lowest BCUT2D eigenvalue weighted by Gasteiger charge is -2.30. The molecular formula is C12H16N2O3. The monoisotopic (exact) mass is 236 g/mol. The number of anilines is 1. The first-order valence-electron chi connectivity index (χ1n) is 5.73. The second kappa shape index (κ2) is 4.61. The lowest BCUT2D eigenvalue weighted by Crippen LogP contribution is -2.41. The number of nitrogens with two attached hydrogens (primary N) is 1. The van der Waals surface area contributed by atoms with Crippen LogP contribution in [0.25, 0.3) is 0 Å². The molecular weight excluding hydrogens is 220 g/mol. The van der Waals surface area contributed by atoms with Crippen LogP contribution >= 0.6 is 0 Å². The molecule has 0 saturated carbocycles. The Morgan fingerprint density at radius 2 is 2.24 bits per heavy atom. The highest BCUT2D eigenvalue weighted by atomic mass is 16.4. The number of piperidine rings is 1. The smallest absolute Gasteiger partial charge is 0.222 e. The SMILES string of the molecule is CC(=O)c1ccc(N2CCCC(C(N)=O)C2)o1. The molecule has 2 heterocycles. The van der Waals surface area contributed by atoms with E-state index in [-0.39, 0.29) is 17.6 Å². The molecule has 2 rings (SSSR count). The normalized spacial score (nSPS) is 20.3. The van der Waals surface area contributed by atoms with Crippen LogP contribution in [0.5, 0.6) is 0 Å². The van der Waals surface area contributed by atoms with Crippen molar-refractivity contribution in [3.8, 4) is 0 Å². The predicted molar refractivity (Wildman–Crippen MR) is 62.8 cm³/mol. The van der Waals surface area contributed by atoms with Gasteiger partial charge >= 0.3 is 0 Å². The van der Waals surface area contributed by atoms with Gasteiger partial charge in [0.15, 0.2) is 17.4 Å². The second-order valence-electron chi connectivity index (χ2n) is 4.38. The van der Waals surface area contributed by atoms with Crippen molar-refractivity contribution in [3.05, 3.63) is 17.9 Å². The molecule has 0 aliphatic carbocycles. The summed E-state index contributed by atoms with van der Waals surface area (Å²) in [6, 6.07) is 3.42. The van der Waals surface area contributed by atoms with E-state index in [1.165, 1.54) is 6.92 Å². The van der Waals surface area contributed by atoms with E-state index in [1.54, 1.807) is 12.1 Å². The largest absolute Gasteiger partial charge is 0.437 e. The minimum absolute atomic E-state index is 0.0975. The molecule has 0 radical (unpaired) electrons. The summed E-state index contributed by atoms with van der Waals surface area (Å²) in [6.45, 7) is 2.86. The van der Waals surface area contributed by atoms with Crippen molar-refractivity contribution in [1.29, 1.82) is 0 Å². The van der Waals surface area contributed by atoms with E-state index in [9.17, 15) is 9.59 Å². The second-order valence-corrected chi connectivity index (χ2v) is 4.38. The van der Waals surface area contributed by atoms with E-state index >= 15 is 0 Å². The molecule has 1 saturated heterocycles. The average Bonchev–Trinajstić information content (AvgIpc) is 2.78. The average molecular weight is 236 g/mol. The number of nitrogens with zero attached hydrogens (tertiary/aromatic N) is 1. The molecule has 2 N–H and O–H groups in total. The van der Waals surface area contributed by atoms with Gasteiger partial charge in [-0.1, -0.05) is 0 Å². The van der Waals surface area contributed by atoms with Crippen LogP contribution in [0.3, 0.4) is 0 Å². The molecule has 0 aromatic carbocycles. The molecule has 0 bridgehead atoms. The Hall–Kier alpha value is -1.78. The van der Waals surface area contributed by atoms with Gasteiger partial charge in [0.1, 0.15) is 0 Å². The highest BCUT2D eigenvalue weighted by Crippen LogP contribution is 2.25. The van der Waals surface area contributed by atoms with E-state index < -0.39 is 0 Å². The zero-order chi connectivity index (χ0) is 12.4. The minimum Gasteiger partial charge on any atom is -0.437 e. The fourth-order valence-corrected chi connectivity index (χ4v) is 2.10. The van der Waals surface area contributed by atoms with Gasteiger partial charge in [-0.15, -0.1) is 0 Å². The van der Waals surface area contributed by atoms with Crippen molar-refractivity contribution in [2.45, 2.75) is 19.8 Å². The first-order chi connectivity index (χ1) is 8.08. The third-order valence-electron chi connectivity index (χ3n) is 3.07. The number of Topliss-reactive ketones (excluding diaryl/α,β-unsaturated/α-hetero) is 1. The molecule has 1 fully saturated rings. The molecule has 1 atom stereocenters. The summed E-state index contributed by atoms with van der Waals surface area (Å²) in [5.74, 6) is 0.490. The van der Waals surface area contributed by atoms with Gasteiger partial charge in [0.25, 0.3) is 0 Å². The van der Waals surface area contributed by atoms with Crippen LogP contribution in [0.2, 0.25) is 0 Å². The van der Waals surface area contributed by atoms with Gasteiger partial charge in [-0.25, -0.2) is 0 Å². The number of amides is 1. The molecule has 1 unspecified atom stereocenters. The van der Waals surface area contributed by atoms with Crippen LogP contribution in [0.4, 0.5) is 5.88 Å². The van der Waals surface area contributed by atoms with Gasteiger partial charge in [0.2, 0.25) is 5.91 Å². The standard InChI is InChI=1S/C12H16N2O3/c1-8(15)10-4-5-11(17-10)14-6-2-3-9(7-14)12(13)16/h4-5,9H,2-3,6-7H2,1H3,(H2,13,16). The molecule has 1 aliphatic rings. The van der Waals surface area contributed by atoms with Crippen molar-refractivity contribution in [1.82, 2.24) is 0 Å². The van der Waals surface area contributed by atoms with Gasteiger partial charge in [-0.2, -0.15) is 0 Å². The molecule has 92 valence electrons. The summed E-state index contributed by atoms with van der Waals surface area (Å²) in [5.41, 5.74) is 5.31. The molecule has 5 nitrogen and oxygen atoms in total. The Labute approximate surface area is 99.6 Å². The number of carbonyl (C=O) groups is 2. The number of hydrogen-bond donors (Lipinski definition) is 1. The quantitative estimate of drug-likeness (QED) is 0.799. The van der Waals surface area contributed by atoms with Crippen LogP contribution < -0.4 is 10.6 Å². The summed E-state index contributed by atoms with van der Waals surface area (Å²) in [4.78, 5) is 24.2. The molecule has 1 aliphatic heterocycles. The number of primary amides is 1. The summed E-state index contributed by atoms with van der Waals surface area (Å²) < 4.78 is 5.44. The van der Waals surface area contributed by atoms with E-state index in [0.29, 0.717) is 18.2 Å². The Balaban J connectivity index is 2.10. The Morgan fingerprint density at radius 3 is 2.82 bits per heavy atom. The first kappa shape index (κ1) is 11.7. The van der Waals surface area contributed by atoms with Gasteiger partial charge in [0.05, 0.1) is 5.92 Å². The highest BCUT2D eigenvalue weighted by molar-refractivity contribution is 5.91. The van der Waals surface area contributed by atoms with E-state index in [0.717, 1.165) is 19.4 Å². The fourth-order valence-electron chi connectivity index (χ4n) is 2.10.